The molecule has 188 valence electrons. The molecule has 2 aliphatic heterocycles. The Bertz CT molecular complexity index is 1040. The van der Waals surface area contributed by atoms with Gasteiger partial charge in [0.1, 0.15) is 5.82 Å². The third-order valence-electron chi connectivity index (χ3n) is 9.35. The zero-order valence-corrected chi connectivity index (χ0v) is 21.7. The number of imide groups is 1. The average molecular weight is 495 g/mol. The molecule has 4 atom stereocenters. The number of hydrogen-bond donors (Lipinski definition) is 0. The van der Waals surface area contributed by atoms with E-state index in [0.29, 0.717) is 17.8 Å². The Labute approximate surface area is 212 Å². The predicted octanol–water partition coefficient (Wildman–Crippen LogP) is 4.65. The van der Waals surface area contributed by atoms with Gasteiger partial charge in [-0.25, -0.2) is 0 Å². The smallest absolute Gasteiger partial charge is 0.233 e. The Hall–Kier alpha value is -1.99. The Morgan fingerprint density at radius 1 is 0.886 bits per heavy atom. The van der Waals surface area contributed by atoms with Gasteiger partial charge in [-0.05, 0) is 80.6 Å². The molecule has 5 aliphatic rings. The minimum absolute atomic E-state index is 0.0786. The number of hydrogen-bond acceptors (Lipinski definition) is 6. The van der Waals surface area contributed by atoms with Gasteiger partial charge in [-0.3, -0.25) is 14.5 Å². The van der Waals surface area contributed by atoms with Crippen molar-refractivity contribution in [2.75, 3.05) is 44.7 Å². The number of carbonyl (C=O) groups excluding carboxylic acids is 2. The van der Waals surface area contributed by atoms with Gasteiger partial charge in [0.2, 0.25) is 11.8 Å². The van der Waals surface area contributed by atoms with Crippen LogP contribution in [0.15, 0.2) is 24.3 Å². The summed E-state index contributed by atoms with van der Waals surface area (Å²) in [4.78, 5) is 31.6. The molecule has 0 spiro atoms. The fourth-order valence-corrected chi connectivity index (χ4v) is 8.19. The normalized spacial score (nSPS) is 31.2. The second-order valence-corrected chi connectivity index (χ2v) is 12.3. The molecule has 4 unspecified atom stereocenters. The molecule has 0 N–H and O–H groups in total. The number of amides is 2. The van der Waals surface area contributed by atoms with Crippen LogP contribution in [0.3, 0.4) is 0 Å². The quantitative estimate of drug-likeness (QED) is 0.582. The first-order chi connectivity index (χ1) is 17.1. The number of rotatable bonds is 3. The summed E-state index contributed by atoms with van der Waals surface area (Å²) in [6, 6.07) is 8.49. The summed E-state index contributed by atoms with van der Waals surface area (Å²) in [6.07, 6.45) is 9.80. The summed E-state index contributed by atoms with van der Waals surface area (Å²) in [5.74, 6) is 3.35. The maximum Gasteiger partial charge on any atom is 0.233 e. The van der Waals surface area contributed by atoms with Crippen LogP contribution in [0.2, 0.25) is 0 Å². The molecule has 1 aromatic heterocycles. The van der Waals surface area contributed by atoms with Crippen molar-refractivity contribution in [2.24, 2.45) is 29.6 Å². The fraction of sp³-hybridized carbons (Fsp3) is 0.679. The highest BCUT2D eigenvalue weighted by Gasteiger charge is 2.60. The molecular formula is C28H38N4O2S. The van der Waals surface area contributed by atoms with Gasteiger partial charge in [0, 0.05) is 38.1 Å². The summed E-state index contributed by atoms with van der Waals surface area (Å²) in [7, 11) is 2.18. The van der Waals surface area contributed by atoms with E-state index >= 15 is 0 Å². The highest BCUT2D eigenvalue weighted by molar-refractivity contribution is 7.13. The maximum absolute atomic E-state index is 12.6. The fourth-order valence-electron chi connectivity index (χ4n) is 7.40. The number of benzene rings is 1. The van der Waals surface area contributed by atoms with Gasteiger partial charge in [0.05, 0.1) is 16.5 Å². The first-order valence-corrected chi connectivity index (χ1v) is 14.5. The summed E-state index contributed by atoms with van der Waals surface area (Å²) < 4.78 is 5.88. The van der Waals surface area contributed by atoms with Gasteiger partial charge in [-0.15, -0.1) is 0 Å². The number of likely N-dealkylation sites (tertiary alicyclic amines) is 1. The van der Waals surface area contributed by atoms with E-state index in [9.17, 15) is 9.59 Å². The second-order valence-electron chi connectivity index (χ2n) is 11.5. The van der Waals surface area contributed by atoms with Crippen LogP contribution in [-0.4, -0.2) is 65.8 Å². The molecule has 3 saturated carbocycles. The summed E-state index contributed by atoms with van der Waals surface area (Å²) >= 11 is 1.60. The molecule has 1 aromatic carbocycles. The van der Waals surface area contributed by atoms with Crippen molar-refractivity contribution in [1.82, 2.24) is 14.2 Å². The number of anilines is 1. The standard InChI is InChI=1S/C16H23NO2.C12H15N3S/c18-15-13-11-6-7-12(8-11)14(13)16(19)17(15)9-10-4-2-1-3-5-10;1-14-6-8-15(9-7-14)12-10-4-2-3-5-11(10)16-13-12/h10-14H,1-9H2;2-5H,6-9H2,1H3. The van der Waals surface area contributed by atoms with Crippen molar-refractivity contribution in [2.45, 2.75) is 51.4 Å². The number of likely N-dealkylation sites (N-methyl/N-ethyl adjacent to an activating group) is 1. The van der Waals surface area contributed by atoms with Crippen LogP contribution < -0.4 is 4.90 Å². The Balaban J connectivity index is 0.000000133. The topological polar surface area (TPSA) is 56.8 Å². The summed E-state index contributed by atoms with van der Waals surface area (Å²) in [6.45, 7) is 5.16. The van der Waals surface area contributed by atoms with Crippen LogP contribution >= 0.6 is 11.5 Å². The average Bonchev–Trinajstić information content (AvgIpc) is 3.66. The third kappa shape index (κ3) is 4.39. The van der Waals surface area contributed by atoms with Crippen molar-refractivity contribution in [3.8, 4) is 0 Å². The van der Waals surface area contributed by atoms with E-state index in [1.807, 2.05) is 0 Å². The molecule has 0 radical (unpaired) electrons. The van der Waals surface area contributed by atoms with E-state index in [2.05, 4.69) is 45.5 Å². The first-order valence-electron chi connectivity index (χ1n) is 13.7. The lowest BCUT2D eigenvalue weighted by molar-refractivity contribution is -0.141. The van der Waals surface area contributed by atoms with Crippen molar-refractivity contribution >= 4 is 39.3 Å². The van der Waals surface area contributed by atoms with E-state index in [0.717, 1.165) is 39.1 Å². The molecule has 7 heteroatoms. The SMILES string of the molecule is CN1CCN(c2nsc3ccccc23)CC1.O=C1C2C3CCC(C3)C2C(=O)N1CC1CCCCC1. The number of aromatic nitrogens is 1. The molecule has 35 heavy (non-hydrogen) atoms. The molecular weight excluding hydrogens is 456 g/mol. The van der Waals surface area contributed by atoms with Crippen LogP contribution in [0.4, 0.5) is 5.82 Å². The van der Waals surface area contributed by atoms with Crippen LogP contribution in [0.25, 0.3) is 10.1 Å². The lowest BCUT2D eigenvalue weighted by Crippen LogP contribution is -2.44. The van der Waals surface area contributed by atoms with E-state index < -0.39 is 0 Å². The molecule has 3 aliphatic carbocycles. The zero-order chi connectivity index (χ0) is 23.9. The van der Waals surface area contributed by atoms with E-state index in [4.69, 9.17) is 0 Å². The molecule has 5 fully saturated rings. The highest BCUT2D eigenvalue weighted by atomic mass is 32.1. The van der Waals surface area contributed by atoms with Crippen LogP contribution in [0, 0.1) is 29.6 Å². The largest absolute Gasteiger partial charge is 0.353 e. The highest BCUT2D eigenvalue weighted by Crippen LogP contribution is 2.56. The molecule has 2 aromatic rings. The summed E-state index contributed by atoms with van der Waals surface area (Å²) in [5.41, 5.74) is 0. The predicted molar refractivity (Wildman–Crippen MR) is 140 cm³/mol. The minimum Gasteiger partial charge on any atom is -0.353 e. The van der Waals surface area contributed by atoms with Crippen molar-refractivity contribution in [3.63, 3.8) is 0 Å². The first kappa shape index (κ1) is 23.4. The van der Waals surface area contributed by atoms with Gasteiger partial charge in [-0.1, -0.05) is 31.4 Å². The second kappa shape index (κ2) is 9.81. The monoisotopic (exact) mass is 494 g/mol. The van der Waals surface area contributed by atoms with Crippen LogP contribution in [0.1, 0.15) is 51.4 Å². The van der Waals surface area contributed by atoms with Crippen LogP contribution in [-0.2, 0) is 9.59 Å². The van der Waals surface area contributed by atoms with Crippen molar-refractivity contribution in [3.05, 3.63) is 24.3 Å². The Kier molecular flexibility index (Phi) is 6.56. The lowest BCUT2D eigenvalue weighted by Gasteiger charge is -2.32. The lowest BCUT2D eigenvalue weighted by atomic mass is 9.81. The van der Waals surface area contributed by atoms with Gasteiger partial charge in [-0.2, -0.15) is 4.37 Å². The van der Waals surface area contributed by atoms with Gasteiger partial charge in [0.25, 0.3) is 0 Å². The van der Waals surface area contributed by atoms with Gasteiger partial charge >= 0.3 is 0 Å². The van der Waals surface area contributed by atoms with Crippen molar-refractivity contribution < 1.29 is 9.59 Å². The Morgan fingerprint density at radius 2 is 1.54 bits per heavy atom. The molecule has 7 rings (SSSR count). The minimum atomic E-state index is 0.0786. The molecule has 6 nitrogen and oxygen atoms in total. The number of piperazine rings is 1. The maximum atomic E-state index is 12.6. The molecule has 2 bridgehead atoms. The number of carbonyl (C=O) groups is 2. The number of fused-ring (bicyclic) bond motifs is 6. The third-order valence-corrected chi connectivity index (χ3v) is 10.2. The van der Waals surface area contributed by atoms with Gasteiger partial charge < -0.3 is 9.80 Å². The van der Waals surface area contributed by atoms with Crippen molar-refractivity contribution in [1.29, 1.82) is 0 Å². The molecule has 3 heterocycles. The van der Waals surface area contributed by atoms with E-state index in [-0.39, 0.29) is 23.7 Å². The van der Waals surface area contributed by atoms with E-state index in [1.54, 1.807) is 16.4 Å². The zero-order valence-electron chi connectivity index (χ0n) is 20.9. The van der Waals surface area contributed by atoms with Crippen LogP contribution in [0.5, 0.6) is 0 Å². The summed E-state index contributed by atoms with van der Waals surface area (Å²) in [5, 5.41) is 1.30. The molecule has 2 saturated heterocycles. The number of nitrogens with zero attached hydrogens (tertiary/aromatic N) is 4. The molecule has 2 amide bonds. The van der Waals surface area contributed by atoms with Gasteiger partial charge in [0.15, 0.2) is 0 Å². The Morgan fingerprint density at radius 3 is 2.23 bits per heavy atom. The van der Waals surface area contributed by atoms with E-state index in [1.165, 1.54) is 60.8 Å².